The fourth-order valence-electron chi connectivity index (χ4n) is 2.40. The zero-order valence-electron chi connectivity index (χ0n) is 16.6. The third-order valence-electron chi connectivity index (χ3n) is 3.73. The highest BCUT2D eigenvalue weighted by Crippen LogP contribution is 2.37. The lowest BCUT2D eigenvalue weighted by molar-refractivity contribution is 0.324. The summed E-state index contributed by atoms with van der Waals surface area (Å²) in [6.45, 7) is 0. The van der Waals surface area contributed by atoms with Crippen molar-refractivity contribution in [3.05, 3.63) is 53.6 Å². The maximum atomic E-state index is 5.32. The van der Waals surface area contributed by atoms with Gasteiger partial charge in [-0.15, -0.1) is 0 Å². The Morgan fingerprint density at radius 1 is 0.571 bits per heavy atom. The maximum Gasteiger partial charge on any atom is 0.203 e. The van der Waals surface area contributed by atoms with E-state index < -0.39 is 0 Å². The highest BCUT2D eigenvalue weighted by Gasteiger charge is 2.12. The van der Waals surface area contributed by atoms with E-state index in [2.05, 4.69) is 23.7 Å². The molecule has 0 spiro atoms. The van der Waals surface area contributed by atoms with Crippen molar-refractivity contribution in [2.45, 2.75) is 0 Å². The number of rotatable bonds is 5. The van der Waals surface area contributed by atoms with Crippen LogP contribution in [0.5, 0.6) is 28.7 Å². The van der Waals surface area contributed by atoms with Crippen LogP contribution in [0.25, 0.3) is 0 Å². The third-order valence-corrected chi connectivity index (χ3v) is 3.73. The molecule has 5 heteroatoms. The van der Waals surface area contributed by atoms with Gasteiger partial charge in [-0.25, -0.2) is 0 Å². The molecule has 0 aromatic heterocycles. The third kappa shape index (κ3) is 5.16. The molecule has 0 aliphatic heterocycles. The van der Waals surface area contributed by atoms with Gasteiger partial charge in [0, 0.05) is 11.1 Å². The first kappa shape index (κ1) is 20.6. The molecule has 0 heterocycles. The van der Waals surface area contributed by atoms with Crippen LogP contribution in [0, 0.1) is 23.7 Å². The molecule has 0 saturated heterocycles. The summed E-state index contributed by atoms with van der Waals surface area (Å²) in [6, 6.07) is 9.08. The monoisotopic (exact) mass is 378 g/mol. The Bertz CT molecular complexity index is 943. The van der Waals surface area contributed by atoms with E-state index in [9.17, 15) is 0 Å². The fraction of sp³-hybridized carbons (Fsp3) is 0.217. The highest BCUT2D eigenvalue weighted by atomic mass is 16.5. The van der Waals surface area contributed by atoms with Crippen LogP contribution in [0.4, 0.5) is 0 Å². The Labute approximate surface area is 165 Å². The van der Waals surface area contributed by atoms with Gasteiger partial charge in [0.05, 0.1) is 35.5 Å². The molecule has 0 aliphatic rings. The molecule has 0 fully saturated rings. The van der Waals surface area contributed by atoms with Crippen LogP contribution >= 0.6 is 0 Å². The van der Waals surface area contributed by atoms with Gasteiger partial charge in [-0.1, -0.05) is 23.7 Å². The molecule has 0 N–H and O–H groups in total. The maximum absolute atomic E-state index is 5.32. The minimum absolute atomic E-state index is 0.534. The largest absolute Gasteiger partial charge is 0.493 e. The number of allylic oxidation sites excluding steroid dienone is 2. The average molecular weight is 378 g/mol. The lowest BCUT2D eigenvalue weighted by Crippen LogP contribution is -1.95. The summed E-state index contributed by atoms with van der Waals surface area (Å²) in [7, 11) is 7.88. The molecule has 28 heavy (non-hydrogen) atoms. The molecule has 2 aromatic carbocycles. The first-order valence-corrected chi connectivity index (χ1v) is 8.37. The number of methoxy groups -OCH3 is 5. The van der Waals surface area contributed by atoms with E-state index in [-0.39, 0.29) is 0 Å². The molecule has 0 amide bonds. The van der Waals surface area contributed by atoms with Crippen molar-refractivity contribution in [2.75, 3.05) is 35.5 Å². The van der Waals surface area contributed by atoms with E-state index in [1.54, 1.807) is 59.8 Å². The zero-order chi connectivity index (χ0) is 20.4. The van der Waals surface area contributed by atoms with Crippen molar-refractivity contribution >= 4 is 0 Å². The SMILES string of the molecule is COc1ccc(C#C/C=C/C#Cc2cc(OC)c(OC)c(OC)c2)cc1OC. The minimum Gasteiger partial charge on any atom is -0.493 e. The van der Waals surface area contributed by atoms with Gasteiger partial charge >= 0.3 is 0 Å². The highest BCUT2D eigenvalue weighted by molar-refractivity contribution is 5.57. The van der Waals surface area contributed by atoms with Crippen molar-refractivity contribution < 1.29 is 23.7 Å². The predicted molar refractivity (Wildman–Crippen MR) is 109 cm³/mol. The van der Waals surface area contributed by atoms with Crippen molar-refractivity contribution in [2.24, 2.45) is 0 Å². The number of ether oxygens (including phenoxy) is 5. The van der Waals surface area contributed by atoms with Crippen molar-refractivity contribution in [3.63, 3.8) is 0 Å². The second kappa shape index (κ2) is 10.4. The number of benzene rings is 2. The standard InChI is InChI=1S/C23H22O5/c1-24-19-13-12-17(14-20(19)25-2)10-8-6-7-9-11-18-15-21(26-3)23(28-5)22(16-18)27-4/h6-7,12-16H,1-5H3/b7-6+. The van der Waals surface area contributed by atoms with Crippen LogP contribution in [0.1, 0.15) is 11.1 Å². The first-order chi connectivity index (χ1) is 13.7. The number of hydrogen-bond donors (Lipinski definition) is 0. The van der Waals surface area contributed by atoms with E-state index in [1.165, 1.54) is 0 Å². The average Bonchev–Trinajstić information content (AvgIpc) is 2.74. The topological polar surface area (TPSA) is 46.2 Å². The van der Waals surface area contributed by atoms with Crippen LogP contribution in [0.2, 0.25) is 0 Å². The molecule has 0 aliphatic carbocycles. The molecule has 0 radical (unpaired) electrons. The summed E-state index contributed by atoms with van der Waals surface area (Å²) in [5.74, 6) is 14.9. The molecule has 0 bridgehead atoms. The first-order valence-electron chi connectivity index (χ1n) is 8.37. The van der Waals surface area contributed by atoms with Crippen LogP contribution in [0.3, 0.4) is 0 Å². The van der Waals surface area contributed by atoms with Crippen LogP contribution in [-0.2, 0) is 0 Å². The zero-order valence-corrected chi connectivity index (χ0v) is 16.6. The summed E-state index contributed by atoms with van der Waals surface area (Å²) in [6.07, 6.45) is 3.36. The Hall–Kier alpha value is -3.70. The summed E-state index contributed by atoms with van der Waals surface area (Å²) < 4.78 is 26.4. The van der Waals surface area contributed by atoms with Gasteiger partial charge in [-0.05, 0) is 42.5 Å². The van der Waals surface area contributed by atoms with E-state index in [0.717, 1.165) is 11.1 Å². The normalized spacial score (nSPS) is 9.61. The molecular weight excluding hydrogens is 356 g/mol. The van der Waals surface area contributed by atoms with Crippen LogP contribution in [0.15, 0.2) is 42.5 Å². The van der Waals surface area contributed by atoms with Gasteiger partial charge in [0.1, 0.15) is 0 Å². The Kier molecular flexibility index (Phi) is 7.69. The van der Waals surface area contributed by atoms with Crippen LogP contribution < -0.4 is 23.7 Å². The summed E-state index contributed by atoms with van der Waals surface area (Å²) >= 11 is 0. The molecule has 5 nitrogen and oxygen atoms in total. The Morgan fingerprint density at radius 2 is 1.07 bits per heavy atom. The second-order valence-electron chi connectivity index (χ2n) is 5.36. The summed E-state index contributed by atoms with van der Waals surface area (Å²) in [5.41, 5.74) is 1.56. The van der Waals surface area contributed by atoms with Crippen molar-refractivity contribution in [1.82, 2.24) is 0 Å². The molecule has 2 aromatic rings. The van der Waals surface area contributed by atoms with E-state index in [0.29, 0.717) is 28.7 Å². The van der Waals surface area contributed by atoms with Crippen LogP contribution in [-0.4, -0.2) is 35.5 Å². The lowest BCUT2D eigenvalue weighted by atomic mass is 10.2. The quantitative estimate of drug-likeness (QED) is 0.743. The molecular formula is C23H22O5. The molecule has 0 atom stereocenters. The molecule has 0 unspecified atom stereocenters. The molecule has 2 rings (SSSR count). The van der Waals surface area contributed by atoms with E-state index >= 15 is 0 Å². The molecule has 0 saturated carbocycles. The van der Waals surface area contributed by atoms with E-state index in [4.69, 9.17) is 23.7 Å². The van der Waals surface area contributed by atoms with Gasteiger partial charge in [-0.3, -0.25) is 0 Å². The van der Waals surface area contributed by atoms with Gasteiger partial charge in [0.15, 0.2) is 23.0 Å². The summed E-state index contributed by atoms with van der Waals surface area (Å²) in [4.78, 5) is 0. The van der Waals surface area contributed by atoms with Gasteiger partial charge in [-0.2, -0.15) is 0 Å². The fourth-order valence-corrected chi connectivity index (χ4v) is 2.40. The lowest BCUT2D eigenvalue weighted by Gasteiger charge is -2.12. The van der Waals surface area contributed by atoms with Gasteiger partial charge in [0.2, 0.25) is 5.75 Å². The van der Waals surface area contributed by atoms with E-state index in [1.807, 2.05) is 18.2 Å². The summed E-state index contributed by atoms with van der Waals surface area (Å²) in [5, 5.41) is 0. The predicted octanol–water partition coefficient (Wildman–Crippen LogP) is 3.69. The Morgan fingerprint density at radius 3 is 1.57 bits per heavy atom. The Balaban J connectivity index is 2.14. The van der Waals surface area contributed by atoms with Gasteiger partial charge < -0.3 is 23.7 Å². The number of hydrogen-bond acceptors (Lipinski definition) is 5. The van der Waals surface area contributed by atoms with Crippen molar-refractivity contribution in [3.8, 4) is 52.4 Å². The second-order valence-corrected chi connectivity index (χ2v) is 5.36. The minimum atomic E-state index is 0.534. The van der Waals surface area contributed by atoms with Crippen molar-refractivity contribution in [1.29, 1.82) is 0 Å². The van der Waals surface area contributed by atoms with Gasteiger partial charge in [0.25, 0.3) is 0 Å². The molecule has 144 valence electrons. The smallest absolute Gasteiger partial charge is 0.203 e.